The van der Waals surface area contributed by atoms with Gasteiger partial charge in [0, 0.05) is 18.8 Å². The standard InChI is InChI=1S/C12H12N2O2/c15-11-6-8-13-12(16)14(11)9-7-10-4-2-1-3-5-10/h1-6,8H,7,9H2,(H,13,16). The summed E-state index contributed by atoms with van der Waals surface area (Å²) in [6, 6.07) is 11.1. The van der Waals surface area contributed by atoms with Gasteiger partial charge in [-0.25, -0.2) is 4.79 Å². The smallest absolute Gasteiger partial charge is 0.314 e. The molecular formula is C12H12N2O2. The van der Waals surface area contributed by atoms with E-state index in [1.54, 1.807) is 0 Å². The van der Waals surface area contributed by atoms with Gasteiger partial charge in [0.05, 0.1) is 0 Å². The summed E-state index contributed by atoms with van der Waals surface area (Å²) < 4.78 is 1.20. The van der Waals surface area contributed by atoms with Gasteiger partial charge in [-0.15, -0.1) is 0 Å². The first kappa shape index (κ1) is 10.4. The lowest BCUT2D eigenvalue weighted by Crippen LogP contribution is -2.34. The lowest BCUT2D eigenvalue weighted by molar-refractivity contribution is 0.627. The fourth-order valence-corrected chi connectivity index (χ4v) is 1.55. The van der Waals surface area contributed by atoms with Crippen LogP contribution in [0.2, 0.25) is 0 Å². The summed E-state index contributed by atoms with van der Waals surface area (Å²) in [5.74, 6) is 0. The first-order chi connectivity index (χ1) is 7.77. The third kappa shape index (κ3) is 2.28. The largest absolute Gasteiger partial charge is 0.328 e. The number of rotatable bonds is 3. The molecule has 0 spiro atoms. The molecule has 0 aliphatic rings. The van der Waals surface area contributed by atoms with Crippen molar-refractivity contribution in [3.63, 3.8) is 0 Å². The van der Waals surface area contributed by atoms with Crippen molar-refractivity contribution >= 4 is 0 Å². The van der Waals surface area contributed by atoms with Crippen LogP contribution in [0.3, 0.4) is 0 Å². The summed E-state index contributed by atoms with van der Waals surface area (Å²) >= 11 is 0. The number of nitrogens with zero attached hydrogens (tertiary/aromatic N) is 1. The molecule has 16 heavy (non-hydrogen) atoms. The van der Waals surface area contributed by atoms with Crippen LogP contribution in [0.25, 0.3) is 0 Å². The van der Waals surface area contributed by atoms with Crippen molar-refractivity contribution in [2.45, 2.75) is 13.0 Å². The highest BCUT2D eigenvalue weighted by Gasteiger charge is 1.99. The molecule has 4 heteroatoms. The lowest BCUT2D eigenvalue weighted by Gasteiger charge is -2.03. The lowest BCUT2D eigenvalue weighted by atomic mass is 10.1. The van der Waals surface area contributed by atoms with Gasteiger partial charge in [-0.2, -0.15) is 0 Å². The number of H-pyrrole nitrogens is 1. The molecule has 0 fully saturated rings. The van der Waals surface area contributed by atoms with Gasteiger partial charge in [0.15, 0.2) is 0 Å². The van der Waals surface area contributed by atoms with Crippen LogP contribution in [-0.4, -0.2) is 9.55 Å². The van der Waals surface area contributed by atoms with E-state index in [4.69, 9.17) is 0 Å². The Labute approximate surface area is 92.2 Å². The number of benzene rings is 1. The van der Waals surface area contributed by atoms with E-state index in [0.717, 1.165) is 5.56 Å². The van der Waals surface area contributed by atoms with Crippen LogP contribution in [0, 0.1) is 0 Å². The zero-order valence-electron chi connectivity index (χ0n) is 8.72. The molecule has 0 bridgehead atoms. The summed E-state index contributed by atoms with van der Waals surface area (Å²) in [7, 11) is 0. The second-order valence-electron chi connectivity index (χ2n) is 3.51. The van der Waals surface area contributed by atoms with E-state index in [1.807, 2.05) is 30.3 Å². The van der Waals surface area contributed by atoms with E-state index in [1.165, 1.54) is 16.8 Å². The molecule has 0 unspecified atom stereocenters. The molecule has 0 atom stereocenters. The number of hydrogen-bond acceptors (Lipinski definition) is 2. The number of aromatic amines is 1. The first-order valence-corrected chi connectivity index (χ1v) is 5.10. The first-order valence-electron chi connectivity index (χ1n) is 5.10. The summed E-state index contributed by atoms with van der Waals surface area (Å²) in [5.41, 5.74) is 0.487. The molecule has 0 saturated carbocycles. The fourth-order valence-electron chi connectivity index (χ4n) is 1.55. The highest BCUT2D eigenvalue weighted by Crippen LogP contribution is 1.99. The van der Waals surface area contributed by atoms with E-state index in [2.05, 4.69) is 4.98 Å². The van der Waals surface area contributed by atoms with Gasteiger partial charge in [-0.1, -0.05) is 30.3 Å². The average molecular weight is 216 g/mol. The zero-order chi connectivity index (χ0) is 11.4. The molecule has 0 saturated heterocycles. The molecule has 1 aromatic heterocycles. The Hall–Kier alpha value is -2.10. The van der Waals surface area contributed by atoms with Gasteiger partial charge in [-0.05, 0) is 12.0 Å². The SMILES string of the molecule is O=c1cc[nH]c(=O)n1CCc1ccccc1. The highest BCUT2D eigenvalue weighted by molar-refractivity contribution is 5.14. The third-order valence-corrected chi connectivity index (χ3v) is 2.41. The predicted molar refractivity (Wildman–Crippen MR) is 61.5 cm³/mol. The van der Waals surface area contributed by atoms with Crippen LogP contribution in [-0.2, 0) is 13.0 Å². The Kier molecular flexibility index (Phi) is 3.00. The highest BCUT2D eigenvalue weighted by atomic mass is 16.2. The molecule has 1 heterocycles. The minimum atomic E-state index is -0.358. The predicted octanol–water partition coefficient (Wildman–Crippen LogP) is 0.779. The molecule has 1 N–H and O–H groups in total. The van der Waals surface area contributed by atoms with Crippen LogP contribution >= 0.6 is 0 Å². The van der Waals surface area contributed by atoms with Crippen molar-refractivity contribution in [2.24, 2.45) is 0 Å². The van der Waals surface area contributed by atoms with Crippen molar-refractivity contribution in [3.05, 3.63) is 69.0 Å². The number of aromatic nitrogens is 2. The number of hydrogen-bond donors (Lipinski definition) is 1. The van der Waals surface area contributed by atoms with Crippen molar-refractivity contribution in [1.29, 1.82) is 0 Å². The molecule has 2 aromatic rings. The summed E-state index contributed by atoms with van der Waals surface area (Å²) in [6.07, 6.45) is 2.04. The maximum atomic E-state index is 11.4. The Morgan fingerprint density at radius 3 is 2.50 bits per heavy atom. The fraction of sp³-hybridized carbons (Fsp3) is 0.167. The maximum Gasteiger partial charge on any atom is 0.328 e. The van der Waals surface area contributed by atoms with Crippen LogP contribution in [0.4, 0.5) is 0 Å². The van der Waals surface area contributed by atoms with Crippen LogP contribution in [0.5, 0.6) is 0 Å². The minimum absolute atomic E-state index is 0.264. The van der Waals surface area contributed by atoms with Crippen molar-refractivity contribution in [1.82, 2.24) is 9.55 Å². The summed E-state index contributed by atoms with van der Waals surface area (Å²) in [4.78, 5) is 25.3. The molecule has 4 nitrogen and oxygen atoms in total. The summed E-state index contributed by atoms with van der Waals surface area (Å²) in [5, 5.41) is 0. The molecule has 1 aromatic carbocycles. The van der Waals surface area contributed by atoms with E-state index in [-0.39, 0.29) is 11.2 Å². The van der Waals surface area contributed by atoms with Crippen LogP contribution in [0.1, 0.15) is 5.56 Å². The van der Waals surface area contributed by atoms with E-state index >= 15 is 0 Å². The second-order valence-corrected chi connectivity index (χ2v) is 3.51. The van der Waals surface area contributed by atoms with Gasteiger partial charge in [0.2, 0.25) is 0 Å². The van der Waals surface area contributed by atoms with Crippen molar-refractivity contribution in [3.8, 4) is 0 Å². The molecule has 82 valence electrons. The van der Waals surface area contributed by atoms with Gasteiger partial charge < -0.3 is 4.98 Å². The number of nitrogens with one attached hydrogen (secondary N) is 1. The quantitative estimate of drug-likeness (QED) is 0.824. The normalized spacial score (nSPS) is 10.2. The molecule has 0 aliphatic carbocycles. The Morgan fingerprint density at radius 1 is 1.06 bits per heavy atom. The monoisotopic (exact) mass is 216 g/mol. The molecular weight excluding hydrogens is 204 g/mol. The van der Waals surface area contributed by atoms with E-state index < -0.39 is 0 Å². The third-order valence-electron chi connectivity index (χ3n) is 2.41. The maximum absolute atomic E-state index is 11.4. The Morgan fingerprint density at radius 2 is 1.81 bits per heavy atom. The molecule has 0 aliphatic heterocycles. The van der Waals surface area contributed by atoms with E-state index in [0.29, 0.717) is 13.0 Å². The van der Waals surface area contributed by atoms with Gasteiger partial charge in [0.1, 0.15) is 0 Å². The topological polar surface area (TPSA) is 54.9 Å². The number of aryl methyl sites for hydroxylation is 1. The van der Waals surface area contributed by atoms with Crippen molar-refractivity contribution in [2.75, 3.05) is 0 Å². The Bertz CT molecular complexity index is 541. The molecule has 0 amide bonds. The average Bonchev–Trinajstić information content (AvgIpc) is 2.30. The zero-order valence-corrected chi connectivity index (χ0v) is 8.72. The molecule has 2 rings (SSSR count). The van der Waals surface area contributed by atoms with Gasteiger partial charge >= 0.3 is 5.69 Å². The van der Waals surface area contributed by atoms with Gasteiger partial charge in [-0.3, -0.25) is 9.36 Å². The van der Waals surface area contributed by atoms with Crippen LogP contribution in [0.15, 0.2) is 52.2 Å². The van der Waals surface area contributed by atoms with Crippen molar-refractivity contribution < 1.29 is 0 Å². The molecule has 0 radical (unpaired) electrons. The second kappa shape index (κ2) is 4.61. The Balaban J connectivity index is 2.17. The summed E-state index contributed by atoms with van der Waals surface area (Å²) in [6.45, 7) is 0.402. The van der Waals surface area contributed by atoms with Crippen LogP contribution < -0.4 is 11.2 Å². The van der Waals surface area contributed by atoms with E-state index in [9.17, 15) is 9.59 Å². The minimum Gasteiger partial charge on any atom is -0.314 e. The van der Waals surface area contributed by atoms with Gasteiger partial charge in [0.25, 0.3) is 5.56 Å².